The smallest absolute Gasteiger partial charge is 0.408 e. The molecule has 3 N–H and O–H groups in total. The first-order chi connectivity index (χ1) is 20.1. The number of aliphatic hydroxyl groups is 1. The largest absolute Gasteiger partial charge is 0.458 e. The number of carbonyl (C=O) groups excluding carboxylic acids is 3. The number of fused-ring (bicyclic) bond motifs is 1. The van der Waals surface area contributed by atoms with E-state index in [4.69, 9.17) is 23.7 Å². The number of esters is 1. The molecular formula is C31H55N3O9. The second-order valence-corrected chi connectivity index (χ2v) is 13.4. The van der Waals surface area contributed by atoms with Gasteiger partial charge < -0.3 is 44.3 Å². The molecule has 248 valence electrons. The van der Waals surface area contributed by atoms with E-state index in [1.165, 1.54) is 0 Å². The predicted octanol–water partition coefficient (Wildman–Crippen LogP) is 2.39. The van der Waals surface area contributed by atoms with Crippen molar-refractivity contribution in [1.82, 2.24) is 15.5 Å². The molecule has 3 saturated heterocycles. The van der Waals surface area contributed by atoms with Crippen LogP contribution in [0.15, 0.2) is 0 Å². The molecule has 3 rings (SSSR count). The number of ketones is 1. The molecule has 3 fully saturated rings. The maximum atomic E-state index is 13.7. The van der Waals surface area contributed by atoms with E-state index >= 15 is 0 Å². The van der Waals surface area contributed by atoms with E-state index in [-0.39, 0.29) is 29.9 Å². The van der Waals surface area contributed by atoms with E-state index in [0.717, 1.165) is 6.42 Å². The molecule has 0 spiro atoms. The van der Waals surface area contributed by atoms with Gasteiger partial charge in [-0.2, -0.15) is 0 Å². The molecule has 3 aliphatic rings. The van der Waals surface area contributed by atoms with Gasteiger partial charge in [0.15, 0.2) is 11.9 Å². The van der Waals surface area contributed by atoms with Crippen molar-refractivity contribution in [2.75, 3.05) is 27.7 Å². The summed E-state index contributed by atoms with van der Waals surface area (Å²) in [5.41, 5.74) is -2.11. The quantitative estimate of drug-likeness (QED) is 0.300. The number of alkyl carbamates (subject to hydrolysis) is 1. The zero-order chi connectivity index (χ0) is 32.3. The molecule has 12 atom stereocenters. The molecule has 12 nitrogen and oxygen atoms in total. The van der Waals surface area contributed by atoms with Crippen LogP contribution in [0.25, 0.3) is 0 Å². The van der Waals surface area contributed by atoms with Gasteiger partial charge in [0, 0.05) is 25.1 Å². The number of methoxy groups -OCH3 is 1. The number of amides is 1. The van der Waals surface area contributed by atoms with E-state index in [2.05, 4.69) is 17.6 Å². The van der Waals surface area contributed by atoms with Crippen LogP contribution in [0.2, 0.25) is 0 Å². The number of carbonyl (C=O) groups is 3. The van der Waals surface area contributed by atoms with Crippen LogP contribution in [0.4, 0.5) is 4.79 Å². The van der Waals surface area contributed by atoms with Gasteiger partial charge in [0.05, 0.1) is 23.9 Å². The van der Waals surface area contributed by atoms with Crippen molar-refractivity contribution < 1.29 is 43.2 Å². The fourth-order valence-electron chi connectivity index (χ4n) is 7.06. The van der Waals surface area contributed by atoms with Crippen LogP contribution in [0, 0.1) is 11.8 Å². The minimum Gasteiger partial charge on any atom is -0.458 e. The molecule has 12 heteroatoms. The lowest BCUT2D eigenvalue weighted by molar-refractivity contribution is -0.297. The van der Waals surface area contributed by atoms with Gasteiger partial charge in [-0.1, -0.05) is 27.7 Å². The van der Waals surface area contributed by atoms with Gasteiger partial charge in [-0.25, -0.2) is 4.79 Å². The summed E-state index contributed by atoms with van der Waals surface area (Å²) in [5, 5.41) is 17.7. The monoisotopic (exact) mass is 613 g/mol. The minimum atomic E-state index is -1.13. The number of nitrogens with one attached hydrogen (secondary N) is 2. The molecule has 0 aromatic rings. The summed E-state index contributed by atoms with van der Waals surface area (Å²) in [5.74, 6) is -1.84. The first-order valence-electron chi connectivity index (χ1n) is 15.8. The number of cyclic esters (lactones) is 1. The average molecular weight is 614 g/mol. The lowest BCUT2D eigenvalue weighted by atomic mass is 9.80. The van der Waals surface area contributed by atoms with Crippen molar-refractivity contribution in [2.24, 2.45) is 11.8 Å². The maximum Gasteiger partial charge on any atom is 0.408 e. The van der Waals surface area contributed by atoms with E-state index in [9.17, 15) is 19.5 Å². The van der Waals surface area contributed by atoms with Crippen LogP contribution >= 0.6 is 0 Å². The SMILES string of the molecule is CC[C@@H]1CC(N(C)C)[C@@H](O)[C@H](O[C@@H]2[C@@H](C)C(=O)CC(=O)O[C@H](CC)[C@@]3(C)OC(=O)N[C@@H]3[C@@H](C)NC[C@H](C)C[C@@]2(C)OC)O1. The molecule has 0 aromatic carbocycles. The molecule has 1 amide bonds. The van der Waals surface area contributed by atoms with E-state index in [1.54, 1.807) is 21.0 Å². The Balaban J connectivity index is 1.98. The highest BCUT2D eigenvalue weighted by Gasteiger charge is 2.55. The van der Waals surface area contributed by atoms with Crippen LogP contribution in [0.1, 0.15) is 80.6 Å². The fourth-order valence-corrected chi connectivity index (χ4v) is 7.06. The summed E-state index contributed by atoms with van der Waals surface area (Å²) in [6.07, 6.45) is -2.48. The van der Waals surface area contributed by atoms with Gasteiger partial charge >= 0.3 is 12.1 Å². The van der Waals surface area contributed by atoms with Crippen molar-refractivity contribution in [3.63, 3.8) is 0 Å². The van der Waals surface area contributed by atoms with Crippen molar-refractivity contribution in [3.05, 3.63) is 0 Å². The van der Waals surface area contributed by atoms with Gasteiger partial charge in [-0.15, -0.1) is 0 Å². The Hall–Kier alpha value is -1.83. The number of likely N-dealkylation sites (N-methyl/N-ethyl adjacent to an activating group) is 1. The lowest BCUT2D eigenvalue weighted by Crippen LogP contribution is -2.60. The summed E-state index contributed by atoms with van der Waals surface area (Å²) in [4.78, 5) is 41.3. The number of nitrogens with zero attached hydrogens (tertiary/aromatic N) is 1. The third-order valence-electron chi connectivity index (χ3n) is 9.78. The number of hydrogen-bond acceptors (Lipinski definition) is 11. The summed E-state index contributed by atoms with van der Waals surface area (Å²) >= 11 is 0. The molecule has 43 heavy (non-hydrogen) atoms. The zero-order valence-corrected chi connectivity index (χ0v) is 27.7. The topological polar surface area (TPSA) is 145 Å². The first kappa shape index (κ1) is 35.6. The molecule has 3 aliphatic heterocycles. The summed E-state index contributed by atoms with van der Waals surface area (Å²) in [6, 6.07) is -0.895. The molecule has 0 saturated carbocycles. The van der Waals surface area contributed by atoms with Crippen LogP contribution in [0.5, 0.6) is 0 Å². The normalized spacial score (nSPS) is 43.7. The van der Waals surface area contributed by atoms with Crippen LogP contribution in [0.3, 0.4) is 0 Å². The maximum absolute atomic E-state index is 13.7. The Bertz CT molecular complexity index is 982. The van der Waals surface area contributed by atoms with Crippen LogP contribution in [-0.2, 0) is 33.3 Å². The summed E-state index contributed by atoms with van der Waals surface area (Å²) in [6.45, 7) is 13.8. The van der Waals surface area contributed by atoms with Gasteiger partial charge in [0.2, 0.25) is 0 Å². The second kappa shape index (κ2) is 14.5. The van der Waals surface area contributed by atoms with Gasteiger partial charge in [-0.3, -0.25) is 9.59 Å². The highest BCUT2D eigenvalue weighted by Crippen LogP contribution is 2.37. The van der Waals surface area contributed by atoms with E-state index < -0.39 is 66.2 Å². The summed E-state index contributed by atoms with van der Waals surface area (Å²) < 4.78 is 30.4. The Kier molecular flexibility index (Phi) is 12.0. The fraction of sp³-hybridized carbons (Fsp3) is 0.903. The standard InChI is InChI=1S/C31H55N3O9/c1-11-20-13-21(34(8)9)25(37)28(40-20)42-27-18(4)22(35)14-24(36)41-23(12-2)31(7)26(33-29(38)43-31)19(5)32-16-17(3)15-30(27,6)39-10/h17-21,23,25-28,32,37H,11-16H2,1-10H3,(H,33,38)/t17-,18+,19-,20-,21?,23-,25-,26-,27-,28+,30-,31-/m1/s1. The average Bonchev–Trinajstić information content (AvgIpc) is 3.27. The number of ether oxygens (including phenoxy) is 5. The molecule has 0 aliphatic carbocycles. The van der Waals surface area contributed by atoms with Crippen molar-refractivity contribution >= 4 is 17.8 Å². The third kappa shape index (κ3) is 7.88. The van der Waals surface area contributed by atoms with Crippen LogP contribution in [-0.4, -0.2) is 116 Å². The van der Waals surface area contributed by atoms with Crippen LogP contribution < -0.4 is 10.6 Å². The molecule has 0 aromatic heterocycles. The van der Waals surface area contributed by atoms with Gasteiger partial charge in [0.25, 0.3) is 0 Å². The molecule has 0 radical (unpaired) electrons. The number of hydrogen-bond donors (Lipinski definition) is 3. The highest BCUT2D eigenvalue weighted by molar-refractivity contribution is 5.97. The second-order valence-electron chi connectivity index (χ2n) is 13.4. The predicted molar refractivity (Wildman–Crippen MR) is 159 cm³/mol. The highest BCUT2D eigenvalue weighted by atomic mass is 16.7. The summed E-state index contributed by atoms with van der Waals surface area (Å²) in [7, 11) is 5.40. The third-order valence-corrected chi connectivity index (χ3v) is 9.78. The Morgan fingerprint density at radius 2 is 1.77 bits per heavy atom. The molecule has 1 unspecified atom stereocenters. The van der Waals surface area contributed by atoms with Gasteiger partial charge in [-0.05, 0) is 73.0 Å². The lowest BCUT2D eigenvalue weighted by Gasteiger charge is -2.47. The molecule has 3 heterocycles. The molecular weight excluding hydrogens is 558 g/mol. The Morgan fingerprint density at radius 3 is 2.35 bits per heavy atom. The Labute approximate surface area is 256 Å². The first-order valence-corrected chi connectivity index (χ1v) is 15.8. The van der Waals surface area contributed by atoms with Gasteiger partial charge in [0.1, 0.15) is 24.4 Å². The Morgan fingerprint density at radius 1 is 1.09 bits per heavy atom. The number of aliphatic hydroxyl groups excluding tert-OH is 1. The number of rotatable bonds is 6. The van der Waals surface area contributed by atoms with E-state index in [0.29, 0.717) is 25.8 Å². The van der Waals surface area contributed by atoms with Crippen molar-refractivity contribution in [3.8, 4) is 0 Å². The minimum absolute atomic E-state index is 0.0465. The van der Waals surface area contributed by atoms with Crippen molar-refractivity contribution in [2.45, 2.75) is 141 Å². The van der Waals surface area contributed by atoms with E-state index in [1.807, 2.05) is 46.7 Å². The van der Waals surface area contributed by atoms with Crippen molar-refractivity contribution in [1.29, 1.82) is 0 Å². The zero-order valence-electron chi connectivity index (χ0n) is 27.7. The number of Topliss-reactive ketones (excluding diaryl/α,β-unsaturated/α-hetero) is 1. The molecule has 0 bridgehead atoms.